The molecule has 0 amide bonds. The highest BCUT2D eigenvalue weighted by molar-refractivity contribution is 7.85. The Morgan fingerprint density at radius 1 is 1.53 bits per heavy atom. The Morgan fingerprint density at radius 3 is 2.53 bits per heavy atom. The molecular formula is C9H14F2O3S. The van der Waals surface area contributed by atoms with E-state index in [2.05, 4.69) is 4.74 Å². The number of alkyl halides is 2. The summed E-state index contributed by atoms with van der Waals surface area (Å²) in [6, 6.07) is 0. The van der Waals surface area contributed by atoms with Crippen LogP contribution in [0.15, 0.2) is 0 Å². The lowest BCUT2D eigenvalue weighted by Gasteiger charge is -2.12. The molecule has 0 bridgehead atoms. The maximum atomic E-state index is 11.9. The molecule has 0 N–H and O–H groups in total. The largest absolute Gasteiger partial charge is 0.469 e. The van der Waals surface area contributed by atoms with Crippen LogP contribution < -0.4 is 0 Å². The number of halogens is 2. The first kappa shape index (κ1) is 12.5. The summed E-state index contributed by atoms with van der Waals surface area (Å²) in [5.41, 5.74) is -0.327. The predicted molar refractivity (Wildman–Crippen MR) is 52.2 cm³/mol. The third kappa shape index (κ3) is 4.24. The van der Waals surface area contributed by atoms with Gasteiger partial charge in [0.1, 0.15) is 0 Å². The van der Waals surface area contributed by atoms with Gasteiger partial charge in [-0.2, -0.15) is 0 Å². The van der Waals surface area contributed by atoms with E-state index in [1.165, 1.54) is 7.11 Å². The van der Waals surface area contributed by atoms with Gasteiger partial charge in [-0.1, -0.05) is 0 Å². The van der Waals surface area contributed by atoms with Gasteiger partial charge >= 0.3 is 5.97 Å². The fourth-order valence-corrected chi connectivity index (χ4v) is 2.94. The molecule has 3 nitrogen and oxygen atoms in total. The van der Waals surface area contributed by atoms with Gasteiger partial charge in [0.15, 0.2) is 0 Å². The molecule has 1 unspecified atom stereocenters. The lowest BCUT2D eigenvalue weighted by Crippen LogP contribution is -2.21. The summed E-state index contributed by atoms with van der Waals surface area (Å²) in [4.78, 5) is 11.0. The fraction of sp³-hybridized carbons (Fsp3) is 0.889. The Bertz CT molecular complexity index is 264. The lowest BCUT2D eigenvalue weighted by atomic mass is 10.1. The first-order chi connectivity index (χ1) is 6.97. The number of esters is 1. The second-order valence-corrected chi connectivity index (χ2v) is 5.40. The van der Waals surface area contributed by atoms with Crippen LogP contribution in [-0.4, -0.2) is 35.2 Å². The summed E-state index contributed by atoms with van der Waals surface area (Å²) in [6.07, 6.45) is -0.799. The zero-order valence-corrected chi connectivity index (χ0v) is 9.32. The highest BCUT2D eigenvalue weighted by atomic mass is 32.2. The number of hydrogen-bond donors (Lipinski definition) is 0. The highest BCUT2D eigenvalue weighted by Gasteiger charge is 2.46. The minimum absolute atomic E-state index is 0.187. The molecule has 1 aliphatic rings. The standard InChI is InChI=1S/C9H14F2O3S/c1-14-8(12)4-9(2-3-9)6-15(13)5-7(10)11/h7H,2-6H2,1H3. The number of carbonyl (C=O) groups is 1. The first-order valence-corrected chi connectivity index (χ1v) is 6.16. The third-order valence-electron chi connectivity index (χ3n) is 2.48. The van der Waals surface area contributed by atoms with Crippen LogP contribution in [0.4, 0.5) is 8.78 Å². The molecule has 0 aliphatic heterocycles. The quantitative estimate of drug-likeness (QED) is 0.658. The van der Waals surface area contributed by atoms with Crippen LogP contribution in [0.1, 0.15) is 19.3 Å². The van der Waals surface area contributed by atoms with Gasteiger partial charge in [-0.3, -0.25) is 9.00 Å². The van der Waals surface area contributed by atoms with Crippen molar-refractivity contribution >= 4 is 16.8 Å². The van der Waals surface area contributed by atoms with E-state index in [1.54, 1.807) is 0 Å². The average molecular weight is 240 g/mol. The number of carbonyl (C=O) groups excluding carboxylic acids is 1. The predicted octanol–water partition coefficient (Wildman–Crippen LogP) is 1.34. The van der Waals surface area contributed by atoms with Gasteiger partial charge in [0, 0.05) is 16.6 Å². The average Bonchev–Trinajstić information content (AvgIpc) is 2.82. The molecule has 88 valence electrons. The molecule has 1 atom stereocenters. The van der Waals surface area contributed by atoms with Crippen molar-refractivity contribution in [3.8, 4) is 0 Å². The lowest BCUT2D eigenvalue weighted by molar-refractivity contribution is -0.141. The van der Waals surface area contributed by atoms with Crippen LogP contribution in [-0.2, 0) is 20.3 Å². The van der Waals surface area contributed by atoms with Gasteiger partial charge < -0.3 is 4.74 Å². The van der Waals surface area contributed by atoms with Crippen molar-refractivity contribution in [1.82, 2.24) is 0 Å². The smallest absolute Gasteiger partial charge is 0.306 e. The van der Waals surface area contributed by atoms with Crippen molar-refractivity contribution in [2.24, 2.45) is 5.41 Å². The Labute approximate surface area is 89.6 Å². The normalized spacial score (nSPS) is 20.0. The van der Waals surface area contributed by atoms with Crippen molar-refractivity contribution in [2.75, 3.05) is 18.6 Å². The van der Waals surface area contributed by atoms with Gasteiger partial charge in [0.2, 0.25) is 6.43 Å². The molecule has 0 saturated heterocycles. The molecule has 0 radical (unpaired) electrons. The van der Waals surface area contributed by atoms with Crippen LogP contribution in [0.25, 0.3) is 0 Å². The number of ether oxygens (including phenoxy) is 1. The van der Waals surface area contributed by atoms with Crippen molar-refractivity contribution < 1.29 is 22.5 Å². The SMILES string of the molecule is COC(=O)CC1(CS(=O)CC(F)F)CC1. The molecule has 0 aromatic rings. The molecule has 0 spiro atoms. The summed E-state index contributed by atoms with van der Waals surface area (Å²) >= 11 is 0. The van der Waals surface area contributed by atoms with E-state index < -0.39 is 23.0 Å². The van der Waals surface area contributed by atoms with E-state index in [-0.39, 0.29) is 23.6 Å². The minimum atomic E-state index is -2.54. The van der Waals surface area contributed by atoms with Crippen LogP contribution in [0.2, 0.25) is 0 Å². The topological polar surface area (TPSA) is 43.4 Å². The summed E-state index contributed by atoms with van der Waals surface area (Å²) in [5, 5.41) is 0. The van der Waals surface area contributed by atoms with E-state index in [9.17, 15) is 17.8 Å². The number of rotatable bonds is 6. The van der Waals surface area contributed by atoms with Crippen molar-refractivity contribution in [2.45, 2.75) is 25.7 Å². The van der Waals surface area contributed by atoms with Crippen LogP contribution in [0.5, 0.6) is 0 Å². The number of hydrogen-bond acceptors (Lipinski definition) is 3. The maximum Gasteiger partial charge on any atom is 0.306 e. The monoisotopic (exact) mass is 240 g/mol. The Balaban J connectivity index is 2.37. The molecule has 0 heterocycles. The fourth-order valence-electron chi connectivity index (χ4n) is 1.47. The molecule has 0 aromatic heterocycles. The molecule has 0 aromatic carbocycles. The van der Waals surface area contributed by atoms with E-state index in [1.807, 2.05) is 0 Å². The zero-order valence-electron chi connectivity index (χ0n) is 8.50. The second-order valence-electron chi connectivity index (χ2n) is 3.89. The van der Waals surface area contributed by atoms with Gasteiger partial charge in [-0.15, -0.1) is 0 Å². The van der Waals surface area contributed by atoms with E-state index in [0.717, 1.165) is 12.8 Å². The molecule has 1 aliphatic carbocycles. The summed E-state index contributed by atoms with van der Waals surface area (Å²) in [6.45, 7) is 0. The van der Waals surface area contributed by atoms with E-state index in [4.69, 9.17) is 0 Å². The Kier molecular flexibility index (Phi) is 4.19. The van der Waals surface area contributed by atoms with Gasteiger partial charge in [0.05, 0.1) is 19.3 Å². The van der Waals surface area contributed by atoms with Crippen molar-refractivity contribution in [3.05, 3.63) is 0 Å². The van der Waals surface area contributed by atoms with Crippen LogP contribution >= 0.6 is 0 Å². The summed E-state index contributed by atoms with van der Waals surface area (Å²) in [5.74, 6) is -0.767. The van der Waals surface area contributed by atoms with Crippen LogP contribution in [0, 0.1) is 5.41 Å². The van der Waals surface area contributed by atoms with E-state index >= 15 is 0 Å². The van der Waals surface area contributed by atoms with Crippen LogP contribution in [0.3, 0.4) is 0 Å². The van der Waals surface area contributed by atoms with Crippen molar-refractivity contribution in [3.63, 3.8) is 0 Å². The highest BCUT2D eigenvalue weighted by Crippen LogP contribution is 2.49. The molecule has 1 rings (SSSR count). The second kappa shape index (κ2) is 5.01. The summed E-state index contributed by atoms with van der Waals surface area (Å²) < 4.78 is 39.6. The molecule has 15 heavy (non-hydrogen) atoms. The van der Waals surface area contributed by atoms with Gasteiger partial charge in [0.25, 0.3) is 0 Å². The summed E-state index contributed by atoms with van der Waals surface area (Å²) in [7, 11) is -0.247. The minimum Gasteiger partial charge on any atom is -0.469 e. The first-order valence-electron chi connectivity index (χ1n) is 4.67. The maximum absolute atomic E-state index is 11.9. The zero-order chi connectivity index (χ0) is 11.5. The van der Waals surface area contributed by atoms with Crippen molar-refractivity contribution in [1.29, 1.82) is 0 Å². The Hall–Kier alpha value is -0.520. The number of methoxy groups -OCH3 is 1. The Morgan fingerprint density at radius 2 is 2.13 bits per heavy atom. The molecule has 1 saturated carbocycles. The van der Waals surface area contributed by atoms with Gasteiger partial charge in [-0.05, 0) is 18.3 Å². The third-order valence-corrected chi connectivity index (χ3v) is 4.04. The molecular weight excluding hydrogens is 226 g/mol. The molecule has 6 heteroatoms. The van der Waals surface area contributed by atoms with Gasteiger partial charge in [-0.25, -0.2) is 8.78 Å². The molecule has 1 fully saturated rings. The van der Waals surface area contributed by atoms with E-state index in [0.29, 0.717) is 0 Å².